The second kappa shape index (κ2) is 4.94. The fraction of sp³-hybridized carbons (Fsp3) is 0.400. The molecule has 0 bridgehead atoms. The zero-order valence-electron chi connectivity index (χ0n) is 10.7. The second-order valence-corrected chi connectivity index (χ2v) is 4.86. The highest BCUT2D eigenvalue weighted by Crippen LogP contribution is 2.28. The standard InChI is InChI=1S/C15H18N2O/c1-12-10-17-9-5-8-14(15(17)16-12)18-11-13-6-3-2-4-7-13/h2-4,6-7,10,14H,5,8-9,11H2,1H3. The van der Waals surface area contributed by atoms with Gasteiger partial charge in [0.05, 0.1) is 12.3 Å². The molecule has 3 heteroatoms. The Balaban J connectivity index is 1.71. The molecule has 18 heavy (non-hydrogen) atoms. The third-order valence-corrected chi connectivity index (χ3v) is 3.38. The van der Waals surface area contributed by atoms with Gasteiger partial charge in [0.15, 0.2) is 0 Å². The van der Waals surface area contributed by atoms with Gasteiger partial charge in [-0.1, -0.05) is 30.3 Å². The first-order valence-corrected chi connectivity index (χ1v) is 6.52. The molecule has 1 atom stereocenters. The maximum Gasteiger partial charge on any atom is 0.138 e. The topological polar surface area (TPSA) is 27.1 Å². The Hall–Kier alpha value is -1.61. The minimum Gasteiger partial charge on any atom is -0.366 e. The summed E-state index contributed by atoms with van der Waals surface area (Å²) < 4.78 is 8.26. The third kappa shape index (κ3) is 2.31. The smallest absolute Gasteiger partial charge is 0.138 e. The normalized spacial score (nSPS) is 18.6. The highest BCUT2D eigenvalue weighted by Gasteiger charge is 2.22. The SMILES string of the molecule is Cc1cn2c(n1)C(OCc1ccccc1)CCC2. The van der Waals surface area contributed by atoms with Gasteiger partial charge in [0.1, 0.15) is 11.9 Å². The van der Waals surface area contributed by atoms with Gasteiger partial charge in [-0.2, -0.15) is 0 Å². The minimum absolute atomic E-state index is 0.146. The average Bonchev–Trinajstić information content (AvgIpc) is 2.78. The molecule has 1 aliphatic heterocycles. The van der Waals surface area contributed by atoms with Gasteiger partial charge < -0.3 is 9.30 Å². The van der Waals surface area contributed by atoms with Crippen molar-refractivity contribution in [2.75, 3.05) is 0 Å². The first kappa shape index (κ1) is 11.5. The zero-order chi connectivity index (χ0) is 12.4. The quantitative estimate of drug-likeness (QED) is 0.826. The van der Waals surface area contributed by atoms with Gasteiger partial charge in [-0.05, 0) is 25.3 Å². The van der Waals surface area contributed by atoms with Crippen LogP contribution in [0.25, 0.3) is 0 Å². The van der Waals surface area contributed by atoms with Crippen LogP contribution in [-0.2, 0) is 17.9 Å². The third-order valence-electron chi connectivity index (χ3n) is 3.38. The molecule has 0 fully saturated rings. The molecule has 1 aromatic carbocycles. The molecule has 1 aromatic heterocycles. The number of aromatic nitrogens is 2. The van der Waals surface area contributed by atoms with E-state index in [9.17, 15) is 0 Å². The molecular weight excluding hydrogens is 224 g/mol. The van der Waals surface area contributed by atoms with E-state index in [1.807, 2.05) is 25.1 Å². The summed E-state index contributed by atoms with van der Waals surface area (Å²) in [4.78, 5) is 4.58. The fourth-order valence-electron chi connectivity index (χ4n) is 2.51. The van der Waals surface area contributed by atoms with Crippen LogP contribution < -0.4 is 0 Å². The molecule has 0 saturated carbocycles. The molecule has 0 N–H and O–H groups in total. The lowest BCUT2D eigenvalue weighted by Gasteiger charge is -2.23. The number of rotatable bonds is 3. The number of hydrogen-bond donors (Lipinski definition) is 0. The van der Waals surface area contributed by atoms with E-state index in [-0.39, 0.29) is 6.10 Å². The molecule has 0 amide bonds. The molecule has 2 aromatic rings. The van der Waals surface area contributed by atoms with E-state index in [2.05, 4.69) is 27.9 Å². The maximum absolute atomic E-state index is 6.03. The summed E-state index contributed by atoms with van der Waals surface area (Å²) in [5.41, 5.74) is 2.30. The van der Waals surface area contributed by atoms with Gasteiger partial charge in [-0.3, -0.25) is 0 Å². The molecule has 1 aliphatic rings. The Morgan fingerprint density at radius 3 is 3.00 bits per heavy atom. The van der Waals surface area contributed by atoms with Crippen LogP contribution in [-0.4, -0.2) is 9.55 Å². The summed E-state index contributed by atoms with van der Waals surface area (Å²) in [7, 11) is 0. The van der Waals surface area contributed by atoms with Crippen LogP contribution in [0.3, 0.4) is 0 Å². The van der Waals surface area contributed by atoms with E-state index in [0.29, 0.717) is 6.61 Å². The molecule has 0 radical (unpaired) electrons. The van der Waals surface area contributed by atoms with Gasteiger partial charge in [0, 0.05) is 12.7 Å². The van der Waals surface area contributed by atoms with Crippen LogP contribution in [0.15, 0.2) is 36.5 Å². The van der Waals surface area contributed by atoms with Crippen molar-refractivity contribution >= 4 is 0 Å². The van der Waals surface area contributed by atoms with Crippen LogP contribution in [0, 0.1) is 6.92 Å². The van der Waals surface area contributed by atoms with Crippen molar-refractivity contribution in [2.45, 2.75) is 39.0 Å². The summed E-state index contributed by atoms with van der Waals surface area (Å²) >= 11 is 0. The predicted molar refractivity (Wildman–Crippen MR) is 70.2 cm³/mol. The van der Waals surface area contributed by atoms with E-state index < -0.39 is 0 Å². The molecule has 1 unspecified atom stereocenters. The first-order chi connectivity index (χ1) is 8.83. The van der Waals surface area contributed by atoms with E-state index in [1.54, 1.807) is 0 Å². The molecular formula is C15H18N2O. The van der Waals surface area contributed by atoms with Crippen molar-refractivity contribution < 1.29 is 4.74 Å². The summed E-state index contributed by atoms with van der Waals surface area (Å²) in [5, 5.41) is 0. The lowest BCUT2D eigenvalue weighted by Crippen LogP contribution is -2.17. The summed E-state index contributed by atoms with van der Waals surface area (Å²) in [5.74, 6) is 1.09. The van der Waals surface area contributed by atoms with Crippen molar-refractivity contribution in [2.24, 2.45) is 0 Å². The monoisotopic (exact) mass is 242 g/mol. The van der Waals surface area contributed by atoms with Crippen molar-refractivity contribution in [3.8, 4) is 0 Å². The fourth-order valence-corrected chi connectivity index (χ4v) is 2.51. The van der Waals surface area contributed by atoms with Gasteiger partial charge >= 0.3 is 0 Å². The largest absolute Gasteiger partial charge is 0.366 e. The number of ether oxygens (including phenoxy) is 1. The molecule has 3 nitrogen and oxygen atoms in total. The Labute approximate surface area is 107 Å². The number of hydrogen-bond acceptors (Lipinski definition) is 2. The highest BCUT2D eigenvalue weighted by atomic mass is 16.5. The van der Waals surface area contributed by atoms with Gasteiger partial charge in [0.2, 0.25) is 0 Å². The number of fused-ring (bicyclic) bond motifs is 1. The second-order valence-electron chi connectivity index (χ2n) is 4.86. The van der Waals surface area contributed by atoms with Crippen molar-refractivity contribution in [1.29, 1.82) is 0 Å². The van der Waals surface area contributed by atoms with Crippen LogP contribution in [0.1, 0.15) is 36.0 Å². The van der Waals surface area contributed by atoms with Crippen molar-refractivity contribution in [3.63, 3.8) is 0 Å². The highest BCUT2D eigenvalue weighted by molar-refractivity contribution is 5.14. The summed E-state index contributed by atoms with van der Waals surface area (Å²) in [6.45, 7) is 3.78. The number of imidazole rings is 1. The lowest BCUT2D eigenvalue weighted by atomic mass is 10.1. The number of aryl methyl sites for hydroxylation is 2. The van der Waals surface area contributed by atoms with Gasteiger partial charge in [-0.25, -0.2) is 4.98 Å². The van der Waals surface area contributed by atoms with Gasteiger partial charge in [0.25, 0.3) is 0 Å². The Bertz CT molecular complexity index is 519. The molecule has 0 aliphatic carbocycles. The Kier molecular flexibility index (Phi) is 3.15. The maximum atomic E-state index is 6.03. The molecule has 2 heterocycles. The van der Waals surface area contributed by atoms with Gasteiger partial charge in [-0.15, -0.1) is 0 Å². The molecule has 3 rings (SSSR count). The Morgan fingerprint density at radius 2 is 2.17 bits per heavy atom. The summed E-state index contributed by atoms with van der Waals surface area (Å²) in [6, 6.07) is 10.3. The van der Waals surface area contributed by atoms with Crippen LogP contribution in [0.4, 0.5) is 0 Å². The summed E-state index contributed by atoms with van der Waals surface area (Å²) in [6.07, 6.45) is 4.51. The number of nitrogens with zero attached hydrogens (tertiary/aromatic N) is 2. The van der Waals surface area contributed by atoms with Crippen molar-refractivity contribution in [1.82, 2.24) is 9.55 Å². The van der Waals surface area contributed by atoms with E-state index in [1.165, 1.54) is 12.0 Å². The zero-order valence-corrected chi connectivity index (χ0v) is 10.7. The van der Waals surface area contributed by atoms with Crippen LogP contribution >= 0.6 is 0 Å². The van der Waals surface area contributed by atoms with Crippen molar-refractivity contribution in [3.05, 3.63) is 53.6 Å². The molecule has 94 valence electrons. The predicted octanol–water partition coefficient (Wildman–Crippen LogP) is 3.24. The first-order valence-electron chi connectivity index (χ1n) is 6.52. The van der Waals surface area contributed by atoms with E-state index in [0.717, 1.165) is 24.5 Å². The van der Waals surface area contributed by atoms with Crippen LogP contribution in [0.2, 0.25) is 0 Å². The average molecular weight is 242 g/mol. The Morgan fingerprint density at radius 1 is 1.33 bits per heavy atom. The lowest BCUT2D eigenvalue weighted by molar-refractivity contribution is 0.0161. The minimum atomic E-state index is 0.146. The van der Waals surface area contributed by atoms with E-state index in [4.69, 9.17) is 4.74 Å². The van der Waals surface area contributed by atoms with Crippen LogP contribution in [0.5, 0.6) is 0 Å². The number of benzene rings is 1. The molecule has 0 spiro atoms. The van der Waals surface area contributed by atoms with E-state index >= 15 is 0 Å². The molecule has 0 saturated heterocycles.